The van der Waals surface area contributed by atoms with Crippen molar-refractivity contribution >= 4 is 0 Å². The SMILES string of the molecule is Cn1nc(-c2ccc(-n3cnc(CN)c3)cc2)ccc1=O. The van der Waals surface area contributed by atoms with Crippen molar-refractivity contribution in [3.8, 4) is 16.9 Å². The van der Waals surface area contributed by atoms with Gasteiger partial charge in [0.05, 0.1) is 17.7 Å². The van der Waals surface area contributed by atoms with Crippen molar-refractivity contribution in [1.82, 2.24) is 19.3 Å². The quantitative estimate of drug-likeness (QED) is 0.779. The van der Waals surface area contributed by atoms with Gasteiger partial charge < -0.3 is 10.3 Å². The van der Waals surface area contributed by atoms with Crippen LogP contribution in [0.2, 0.25) is 0 Å². The molecule has 6 nitrogen and oxygen atoms in total. The van der Waals surface area contributed by atoms with Gasteiger partial charge in [-0.2, -0.15) is 5.10 Å². The summed E-state index contributed by atoms with van der Waals surface area (Å²) in [5.41, 5.74) is 8.99. The largest absolute Gasteiger partial charge is 0.325 e. The van der Waals surface area contributed by atoms with E-state index in [9.17, 15) is 4.79 Å². The molecule has 0 spiro atoms. The molecule has 0 aliphatic carbocycles. The molecule has 3 rings (SSSR count). The van der Waals surface area contributed by atoms with Crippen LogP contribution < -0.4 is 11.3 Å². The van der Waals surface area contributed by atoms with Gasteiger partial charge in [0.15, 0.2) is 0 Å². The molecule has 21 heavy (non-hydrogen) atoms. The van der Waals surface area contributed by atoms with E-state index in [2.05, 4.69) is 10.1 Å². The molecule has 0 aliphatic rings. The normalized spacial score (nSPS) is 10.8. The van der Waals surface area contributed by atoms with Crippen LogP contribution in [0.3, 0.4) is 0 Å². The van der Waals surface area contributed by atoms with Crippen molar-refractivity contribution < 1.29 is 0 Å². The van der Waals surface area contributed by atoms with E-state index < -0.39 is 0 Å². The van der Waals surface area contributed by atoms with Crippen molar-refractivity contribution in [2.75, 3.05) is 0 Å². The number of benzene rings is 1. The van der Waals surface area contributed by atoms with E-state index in [4.69, 9.17) is 5.73 Å². The first-order valence-electron chi connectivity index (χ1n) is 6.55. The van der Waals surface area contributed by atoms with Gasteiger partial charge in [0.2, 0.25) is 0 Å². The second-order valence-corrected chi connectivity index (χ2v) is 4.70. The molecule has 1 aromatic carbocycles. The highest BCUT2D eigenvalue weighted by molar-refractivity contribution is 5.60. The number of hydrogen-bond acceptors (Lipinski definition) is 4. The highest BCUT2D eigenvalue weighted by Crippen LogP contribution is 2.18. The predicted octanol–water partition coefficient (Wildman–Crippen LogP) is 1.09. The fourth-order valence-electron chi connectivity index (χ4n) is 2.07. The van der Waals surface area contributed by atoms with E-state index in [0.29, 0.717) is 6.54 Å². The Bertz CT molecular complexity index is 817. The first kappa shape index (κ1) is 13.3. The van der Waals surface area contributed by atoms with Gasteiger partial charge in [-0.3, -0.25) is 4.79 Å². The lowest BCUT2D eigenvalue weighted by molar-refractivity contribution is 0.712. The molecule has 0 aliphatic heterocycles. The molecule has 6 heteroatoms. The lowest BCUT2D eigenvalue weighted by atomic mass is 10.1. The highest BCUT2D eigenvalue weighted by Gasteiger charge is 2.03. The zero-order valence-electron chi connectivity index (χ0n) is 11.6. The standard InChI is InChI=1S/C15H15N5O/c1-19-15(21)7-6-14(18-19)11-2-4-13(5-3-11)20-9-12(8-16)17-10-20/h2-7,9-10H,8,16H2,1H3. The van der Waals surface area contributed by atoms with Crippen molar-refractivity contribution in [1.29, 1.82) is 0 Å². The van der Waals surface area contributed by atoms with Crippen LogP contribution in [-0.4, -0.2) is 19.3 Å². The Morgan fingerprint density at radius 3 is 2.52 bits per heavy atom. The summed E-state index contributed by atoms with van der Waals surface area (Å²) in [7, 11) is 1.64. The molecule has 0 saturated carbocycles. The van der Waals surface area contributed by atoms with Gasteiger partial charge in [-0.25, -0.2) is 9.67 Å². The Morgan fingerprint density at radius 1 is 1.14 bits per heavy atom. The zero-order valence-corrected chi connectivity index (χ0v) is 11.6. The van der Waals surface area contributed by atoms with Crippen LogP contribution in [0.1, 0.15) is 5.69 Å². The van der Waals surface area contributed by atoms with Gasteiger partial charge >= 0.3 is 0 Å². The van der Waals surface area contributed by atoms with Crippen LogP contribution in [0, 0.1) is 0 Å². The van der Waals surface area contributed by atoms with Gasteiger partial charge in [-0.15, -0.1) is 0 Å². The van der Waals surface area contributed by atoms with Crippen LogP contribution in [0.4, 0.5) is 0 Å². The monoisotopic (exact) mass is 281 g/mol. The van der Waals surface area contributed by atoms with Gasteiger partial charge in [0, 0.05) is 37.1 Å². The summed E-state index contributed by atoms with van der Waals surface area (Å²) in [4.78, 5) is 15.6. The summed E-state index contributed by atoms with van der Waals surface area (Å²) in [6.07, 6.45) is 3.64. The minimum Gasteiger partial charge on any atom is -0.325 e. The van der Waals surface area contributed by atoms with E-state index in [-0.39, 0.29) is 5.56 Å². The smallest absolute Gasteiger partial charge is 0.266 e. The second kappa shape index (κ2) is 5.34. The maximum atomic E-state index is 11.4. The van der Waals surface area contributed by atoms with Gasteiger partial charge in [-0.05, 0) is 18.2 Å². The number of aryl methyl sites for hydroxylation is 1. The van der Waals surface area contributed by atoms with Gasteiger partial charge in [0.25, 0.3) is 5.56 Å². The molecule has 0 amide bonds. The number of hydrogen-bond donors (Lipinski definition) is 1. The average Bonchev–Trinajstić information content (AvgIpc) is 2.99. The molecule has 0 atom stereocenters. The Kier molecular flexibility index (Phi) is 3.37. The van der Waals surface area contributed by atoms with Crippen LogP contribution in [0.15, 0.2) is 53.7 Å². The number of aromatic nitrogens is 4. The molecule has 2 aromatic heterocycles. The summed E-state index contributed by atoms with van der Waals surface area (Å²) in [6, 6.07) is 11.1. The average molecular weight is 281 g/mol. The third kappa shape index (κ3) is 2.61. The van der Waals surface area contributed by atoms with Crippen LogP contribution in [0.25, 0.3) is 16.9 Å². The topological polar surface area (TPSA) is 78.7 Å². The molecule has 106 valence electrons. The summed E-state index contributed by atoms with van der Waals surface area (Å²) in [6.45, 7) is 0.424. The molecule has 0 radical (unpaired) electrons. The van der Waals surface area contributed by atoms with E-state index in [1.807, 2.05) is 35.0 Å². The third-order valence-electron chi connectivity index (χ3n) is 3.27. The Labute approximate surface area is 121 Å². The van der Waals surface area contributed by atoms with Crippen molar-refractivity contribution in [3.63, 3.8) is 0 Å². The highest BCUT2D eigenvalue weighted by atomic mass is 16.1. The Hall–Kier alpha value is -2.73. The maximum Gasteiger partial charge on any atom is 0.266 e. The first-order valence-corrected chi connectivity index (χ1v) is 6.55. The molecule has 2 heterocycles. The number of imidazole rings is 1. The Morgan fingerprint density at radius 2 is 1.90 bits per heavy atom. The maximum absolute atomic E-state index is 11.4. The molecule has 2 N–H and O–H groups in total. The number of nitrogens with zero attached hydrogens (tertiary/aromatic N) is 4. The first-order chi connectivity index (χ1) is 10.2. The molecular formula is C15H15N5O. The van der Waals surface area contributed by atoms with E-state index in [1.54, 1.807) is 19.4 Å². The minimum atomic E-state index is -0.122. The predicted molar refractivity (Wildman–Crippen MR) is 79.9 cm³/mol. The fourth-order valence-corrected chi connectivity index (χ4v) is 2.07. The Balaban J connectivity index is 1.93. The third-order valence-corrected chi connectivity index (χ3v) is 3.27. The van der Waals surface area contributed by atoms with Crippen LogP contribution >= 0.6 is 0 Å². The van der Waals surface area contributed by atoms with Crippen LogP contribution in [0.5, 0.6) is 0 Å². The number of rotatable bonds is 3. The summed E-state index contributed by atoms with van der Waals surface area (Å²) in [5, 5.41) is 4.23. The minimum absolute atomic E-state index is 0.122. The summed E-state index contributed by atoms with van der Waals surface area (Å²) in [5.74, 6) is 0. The summed E-state index contributed by atoms with van der Waals surface area (Å²) >= 11 is 0. The van der Waals surface area contributed by atoms with E-state index >= 15 is 0 Å². The van der Waals surface area contributed by atoms with Gasteiger partial charge in [-0.1, -0.05) is 12.1 Å². The molecule has 0 unspecified atom stereocenters. The molecule has 0 saturated heterocycles. The van der Waals surface area contributed by atoms with Crippen molar-refractivity contribution in [2.45, 2.75) is 6.54 Å². The summed E-state index contributed by atoms with van der Waals surface area (Å²) < 4.78 is 3.24. The molecule has 0 bridgehead atoms. The van der Waals surface area contributed by atoms with E-state index in [1.165, 1.54) is 10.7 Å². The second-order valence-electron chi connectivity index (χ2n) is 4.70. The lowest BCUT2D eigenvalue weighted by Crippen LogP contribution is -2.18. The van der Waals surface area contributed by atoms with Crippen LogP contribution in [-0.2, 0) is 13.6 Å². The van der Waals surface area contributed by atoms with Gasteiger partial charge in [0.1, 0.15) is 0 Å². The van der Waals surface area contributed by atoms with E-state index in [0.717, 1.165) is 22.6 Å². The zero-order chi connectivity index (χ0) is 14.8. The lowest BCUT2D eigenvalue weighted by Gasteiger charge is -2.05. The molecule has 0 fully saturated rings. The van der Waals surface area contributed by atoms with Crippen molar-refractivity contribution in [3.05, 3.63) is 65.0 Å². The number of nitrogens with two attached hydrogens (primary N) is 1. The molecule has 3 aromatic rings. The molecular weight excluding hydrogens is 266 g/mol. The van der Waals surface area contributed by atoms with Crippen molar-refractivity contribution in [2.24, 2.45) is 12.8 Å². The fraction of sp³-hybridized carbons (Fsp3) is 0.133.